The van der Waals surface area contributed by atoms with Crippen molar-refractivity contribution < 1.29 is 9.53 Å². The van der Waals surface area contributed by atoms with Gasteiger partial charge in [0.1, 0.15) is 11.5 Å². The van der Waals surface area contributed by atoms with Crippen LogP contribution in [-0.2, 0) is 0 Å². The van der Waals surface area contributed by atoms with Crippen molar-refractivity contribution in [2.45, 2.75) is 6.92 Å². The van der Waals surface area contributed by atoms with Gasteiger partial charge in [-0.05, 0) is 42.8 Å². The molecule has 0 aliphatic heterocycles. The summed E-state index contributed by atoms with van der Waals surface area (Å²) in [6.45, 7) is 1.93. The van der Waals surface area contributed by atoms with Crippen LogP contribution in [0.25, 0.3) is 0 Å². The van der Waals surface area contributed by atoms with Crippen LogP contribution in [-0.4, -0.2) is 5.91 Å². The fraction of sp³-hybridized carbons (Fsp3) is 0.0714. The van der Waals surface area contributed by atoms with Gasteiger partial charge in [0.15, 0.2) is 0 Å². The maximum absolute atomic E-state index is 11.2. The Morgan fingerprint density at radius 2 is 1.95 bits per heavy atom. The lowest BCUT2D eigenvalue weighted by molar-refractivity contribution is 0.100. The van der Waals surface area contributed by atoms with Crippen molar-refractivity contribution in [2.24, 2.45) is 5.73 Å². The van der Waals surface area contributed by atoms with Gasteiger partial charge in [-0.3, -0.25) is 4.79 Å². The normalized spacial score (nSPS) is 10.2. The maximum atomic E-state index is 11.2. The summed E-state index contributed by atoms with van der Waals surface area (Å²) in [7, 11) is 0. The van der Waals surface area contributed by atoms with Gasteiger partial charge in [-0.25, -0.2) is 0 Å². The molecule has 19 heavy (non-hydrogen) atoms. The third kappa shape index (κ3) is 2.98. The first-order valence-electron chi connectivity index (χ1n) is 5.60. The predicted molar refractivity (Wildman–Crippen MR) is 75.6 cm³/mol. The Balaban J connectivity index is 2.36. The molecule has 5 heteroatoms. The molecule has 4 nitrogen and oxygen atoms in total. The molecule has 0 aliphatic carbocycles. The van der Waals surface area contributed by atoms with Crippen LogP contribution in [0.2, 0.25) is 5.02 Å². The van der Waals surface area contributed by atoms with E-state index >= 15 is 0 Å². The van der Waals surface area contributed by atoms with E-state index in [-0.39, 0.29) is 5.56 Å². The number of amides is 1. The van der Waals surface area contributed by atoms with Gasteiger partial charge in [-0.1, -0.05) is 17.7 Å². The van der Waals surface area contributed by atoms with Gasteiger partial charge in [0.2, 0.25) is 0 Å². The van der Waals surface area contributed by atoms with E-state index in [0.29, 0.717) is 22.2 Å². The second-order valence-electron chi connectivity index (χ2n) is 4.15. The number of hydrogen-bond acceptors (Lipinski definition) is 3. The number of carbonyl (C=O) groups excluding carboxylic acids is 1. The molecule has 0 spiro atoms. The van der Waals surface area contributed by atoms with Gasteiger partial charge in [-0.15, -0.1) is 0 Å². The Kier molecular flexibility index (Phi) is 3.62. The summed E-state index contributed by atoms with van der Waals surface area (Å²) in [5.74, 6) is 0.371. The fourth-order valence-corrected chi connectivity index (χ4v) is 1.78. The second kappa shape index (κ2) is 5.20. The van der Waals surface area contributed by atoms with Gasteiger partial charge in [-0.2, -0.15) is 0 Å². The molecule has 2 rings (SSSR count). The number of rotatable bonds is 3. The van der Waals surface area contributed by atoms with Crippen molar-refractivity contribution in [3.8, 4) is 11.5 Å². The van der Waals surface area contributed by atoms with E-state index in [1.807, 2.05) is 19.1 Å². The summed E-state index contributed by atoms with van der Waals surface area (Å²) in [4.78, 5) is 11.2. The Morgan fingerprint density at radius 3 is 2.63 bits per heavy atom. The highest BCUT2D eigenvalue weighted by molar-refractivity contribution is 6.32. The Hall–Kier alpha value is -2.20. The van der Waals surface area contributed by atoms with Crippen molar-refractivity contribution >= 4 is 23.2 Å². The number of primary amides is 1. The first kappa shape index (κ1) is 13.2. The molecule has 0 fully saturated rings. The average Bonchev–Trinajstić information content (AvgIpc) is 2.36. The van der Waals surface area contributed by atoms with Crippen LogP contribution in [0.3, 0.4) is 0 Å². The van der Waals surface area contributed by atoms with Crippen LogP contribution in [0.4, 0.5) is 5.69 Å². The Bertz CT molecular complexity index is 641. The molecule has 0 bridgehead atoms. The minimum Gasteiger partial charge on any atom is -0.456 e. The molecule has 0 atom stereocenters. The van der Waals surface area contributed by atoms with E-state index in [1.54, 1.807) is 18.2 Å². The van der Waals surface area contributed by atoms with Crippen LogP contribution in [0, 0.1) is 6.92 Å². The molecule has 1 amide bonds. The predicted octanol–water partition coefficient (Wildman–Crippen LogP) is 3.12. The molecule has 98 valence electrons. The number of benzene rings is 2. The zero-order valence-electron chi connectivity index (χ0n) is 10.3. The highest BCUT2D eigenvalue weighted by Gasteiger charge is 2.09. The second-order valence-corrected chi connectivity index (χ2v) is 4.56. The van der Waals surface area contributed by atoms with Crippen molar-refractivity contribution in [2.75, 3.05) is 5.73 Å². The molecule has 4 N–H and O–H groups in total. The van der Waals surface area contributed by atoms with Gasteiger partial charge < -0.3 is 16.2 Å². The molecule has 0 saturated heterocycles. The minimum atomic E-state index is -0.599. The fourth-order valence-electron chi connectivity index (χ4n) is 1.63. The molecule has 0 heterocycles. The largest absolute Gasteiger partial charge is 0.456 e. The van der Waals surface area contributed by atoms with Gasteiger partial charge >= 0.3 is 0 Å². The lowest BCUT2D eigenvalue weighted by Gasteiger charge is -2.10. The number of nitrogens with two attached hydrogens (primary N) is 2. The van der Waals surface area contributed by atoms with E-state index in [9.17, 15) is 4.79 Å². The molecule has 0 radical (unpaired) electrons. The summed E-state index contributed by atoms with van der Waals surface area (Å²) >= 11 is 6.04. The standard InChI is InChI=1S/C14H13ClN2O2/c1-8-2-4-11(15)13(6-8)19-9-3-5-12(16)10(7-9)14(17)18/h2-7H,16H2,1H3,(H2,17,18). The number of anilines is 1. The molecule has 2 aromatic carbocycles. The maximum Gasteiger partial charge on any atom is 0.250 e. The smallest absolute Gasteiger partial charge is 0.250 e. The first-order valence-corrected chi connectivity index (χ1v) is 5.98. The van der Waals surface area contributed by atoms with E-state index in [4.69, 9.17) is 27.8 Å². The number of hydrogen-bond donors (Lipinski definition) is 2. The van der Waals surface area contributed by atoms with Crippen LogP contribution >= 0.6 is 11.6 Å². The number of halogens is 1. The van der Waals surface area contributed by atoms with Crippen LogP contribution in [0.1, 0.15) is 15.9 Å². The van der Waals surface area contributed by atoms with Crippen LogP contribution in [0.5, 0.6) is 11.5 Å². The lowest BCUT2D eigenvalue weighted by Crippen LogP contribution is -2.13. The summed E-state index contributed by atoms with van der Waals surface area (Å²) < 4.78 is 5.64. The first-order chi connectivity index (χ1) is 8.97. The Morgan fingerprint density at radius 1 is 1.21 bits per heavy atom. The highest BCUT2D eigenvalue weighted by atomic mass is 35.5. The highest BCUT2D eigenvalue weighted by Crippen LogP contribution is 2.31. The molecule has 0 aromatic heterocycles. The van der Waals surface area contributed by atoms with Gasteiger partial charge in [0.05, 0.1) is 10.6 Å². The number of nitrogen functional groups attached to an aromatic ring is 1. The quantitative estimate of drug-likeness (QED) is 0.846. The summed E-state index contributed by atoms with van der Waals surface area (Å²) in [5.41, 5.74) is 12.4. The SMILES string of the molecule is Cc1ccc(Cl)c(Oc2ccc(N)c(C(N)=O)c2)c1. The number of carbonyl (C=O) groups is 1. The third-order valence-electron chi connectivity index (χ3n) is 2.60. The van der Waals surface area contributed by atoms with E-state index in [0.717, 1.165) is 5.56 Å². The van der Waals surface area contributed by atoms with Crippen LogP contribution in [0.15, 0.2) is 36.4 Å². The molecular weight excluding hydrogens is 264 g/mol. The Labute approximate surface area is 115 Å². The average molecular weight is 277 g/mol. The minimum absolute atomic E-state index is 0.223. The molecule has 0 aliphatic rings. The molecule has 0 unspecified atom stereocenters. The zero-order valence-corrected chi connectivity index (χ0v) is 11.1. The molecule has 0 saturated carbocycles. The third-order valence-corrected chi connectivity index (χ3v) is 2.92. The topological polar surface area (TPSA) is 78.3 Å². The number of aryl methyl sites for hydroxylation is 1. The zero-order chi connectivity index (χ0) is 14.0. The van der Waals surface area contributed by atoms with E-state index in [2.05, 4.69) is 0 Å². The van der Waals surface area contributed by atoms with Gasteiger partial charge in [0, 0.05) is 5.69 Å². The molecule has 2 aromatic rings. The number of ether oxygens (including phenoxy) is 1. The van der Waals surface area contributed by atoms with Crippen molar-refractivity contribution in [1.29, 1.82) is 0 Å². The summed E-state index contributed by atoms with van der Waals surface area (Å²) in [6, 6.07) is 10.2. The van der Waals surface area contributed by atoms with E-state index in [1.165, 1.54) is 6.07 Å². The van der Waals surface area contributed by atoms with Crippen LogP contribution < -0.4 is 16.2 Å². The summed E-state index contributed by atoms with van der Waals surface area (Å²) in [6.07, 6.45) is 0. The monoisotopic (exact) mass is 276 g/mol. The van der Waals surface area contributed by atoms with Crippen molar-refractivity contribution in [3.63, 3.8) is 0 Å². The van der Waals surface area contributed by atoms with Gasteiger partial charge in [0.25, 0.3) is 5.91 Å². The molecular formula is C14H13ClN2O2. The summed E-state index contributed by atoms with van der Waals surface area (Å²) in [5, 5.41) is 0.489. The lowest BCUT2D eigenvalue weighted by atomic mass is 10.1. The van der Waals surface area contributed by atoms with E-state index < -0.39 is 5.91 Å². The van der Waals surface area contributed by atoms with Crippen molar-refractivity contribution in [1.82, 2.24) is 0 Å². The van der Waals surface area contributed by atoms with Crippen molar-refractivity contribution in [3.05, 3.63) is 52.5 Å².